The number of benzene rings is 2. The highest BCUT2D eigenvalue weighted by atomic mass is 32.2. The highest BCUT2D eigenvalue weighted by molar-refractivity contribution is 8.14. The number of carbonyl (C=O) groups excluding carboxylic acids is 3. The van der Waals surface area contributed by atoms with Crippen molar-refractivity contribution in [1.82, 2.24) is 5.32 Å². The number of aliphatic imine (C=N–C) groups is 1. The minimum atomic E-state index is -0.835. The summed E-state index contributed by atoms with van der Waals surface area (Å²) < 4.78 is 0. The van der Waals surface area contributed by atoms with Crippen LogP contribution in [0.2, 0.25) is 0 Å². The topological polar surface area (TPSA) is 87.6 Å². The molecular weight excluding hydrogens is 362 g/mol. The molecule has 0 spiro atoms. The molecule has 27 heavy (non-hydrogen) atoms. The van der Waals surface area contributed by atoms with Crippen molar-refractivity contribution in [2.75, 3.05) is 11.1 Å². The van der Waals surface area contributed by atoms with Gasteiger partial charge in [0.15, 0.2) is 5.17 Å². The van der Waals surface area contributed by atoms with Crippen molar-refractivity contribution in [3.05, 3.63) is 65.7 Å². The fourth-order valence-electron chi connectivity index (χ4n) is 2.66. The molecule has 0 saturated heterocycles. The molecule has 3 amide bonds. The van der Waals surface area contributed by atoms with Crippen LogP contribution in [0.5, 0.6) is 0 Å². The Bertz CT molecular complexity index is 896. The monoisotopic (exact) mass is 381 g/mol. The van der Waals surface area contributed by atoms with Crippen LogP contribution >= 0.6 is 11.8 Å². The van der Waals surface area contributed by atoms with E-state index in [-0.39, 0.29) is 22.7 Å². The maximum absolute atomic E-state index is 12.3. The zero-order valence-electron chi connectivity index (χ0n) is 14.8. The number of amidine groups is 1. The molecule has 0 bridgehead atoms. The lowest BCUT2D eigenvalue weighted by Gasteiger charge is -2.19. The number of nitrogens with one attached hydrogen (secondary N) is 2. The summed E-state index contributed by atoms with van der Waals surface area (Å²) in [5, 5.41) is 5.55. The Morgan fingerprint density at radius 3 is 2.63 bits per heavy atom. The first kappa shape index (κ1) is 18.8. The van der Waals surface area contributed by atoms with Crippen molar-refractivity contribution in [3.8, 4) is 0 Å². The summed E-state index contributed by atoms with van der Waals surface area (Å²) in [6.45, 7) is 1.94. The Morgan fingerprint density at radius 2 is 1.93 bits per heavy atom. The standard InChI is InChI=1S/C20H19N3O3S/c1-13-6-5-9-15(10-13)21-17(24)12-27-20-22-18(25)16(19(26)23-20)11-14-7-3-2-4-8-14/h2-10,16H,11-12H2,1H3,(H,21,24)(H,22,23,25,26). The molecular formula is C20H19N3O3S. The number of nitrogens with zero attached hydrogens (tertiary/aromatic N) is 1. The van der Waals surface area contributed by atoms with Gasteiger partial charge in [-0.2, -0.15) is 4.99 Å². The van der Waals surface area contributed by atoms with Crippen molar-refractivity contribution in [2.24, 2.45) is 10.9 Å². The number of anilines is 1. The molecule has 0 radical (unpaired) electrons. The number of carbonyl (C=O) groups is 3. The Hall–Kier alpha value is -2.93. The van der Waals surface area contributed by atoms with Gasteiger partial charge < -0.3 is 10.6 Å². The third kappa shape index (κ3) is 5.27. The molecule has 0 unspecified atom stereocenters. The van der Waals surface area contributed by atoms with Crippen LogP contribution < -0.4 is 10.6 Å². The molecule has 0 aromatic heterocycles. The molecule has 1 heterocycles. The first-order chi connectivity index (χ1) is 13.0. The molecule has 1 atom stereocenters. The molecule has 2 aromatic rings. The van der Waals surface area contributed by atoms with Gasteiger partial charge in [-0.1, -0.05) is 54.2 Å². The van der Waals surface area contributed by atoms with Gasteiger partial charge in [0.2, 0.25) is 11.8 Å². The van der Waals surface area contributed by atoms with Gasteiger partial charge in [0.25, 0.3) is 5.91 Å². The van der Waals surface area contributed by atoms with E-state index in [0.717, 1.165) is 22.9 Å². The second-order valence-electron chi connectivity index (χ2n) is 6.19. The predicted octanol–water partition coefficient (Wildman–Crippen LogP) is 2.54. The molecule has 2 N–H and O–H groups in total. The van der Waals surface area contributed by atoms with E-state index in [9.17, 15) is 14.4 Å². The number of hydrogen-bond donors (Lipinski definition) is 2. The smallest absolute Gasteiger partial charge is 0.261 e. The molecule has 7 heteroatoms. The first-order valence-electron chi connectivity index (χ1n) is 8.48. The number of aryl methyl sites for hydroxylation is 1. The Labute approximate surface area is 161 Å². The van der Waals surface area contributed by atoms with Crippen LogP contribution in [-0.4, -0.2) is 28.6 Å². The summed E-state index contributed by atoms with van der Waals surface area (Å²) in [5.41, 5.74) is 2.64. The first-order valence-corrected chi connectivity index (χ1v) is 9.46. The van der Waals surface area contributed by atoms with Gasteiger partial charge in [-0.25, -0.2) is 0 Å². The molecule has 6 nitrogen and oxygen atoms in total. The van der Waals surface area contributed by atoms with Gasteiger partial charge in [0, 0.05) is 5.69 Å². The van der Waals surface area contributed by atoms with E-state index >= 15 is 0 Å². The maximum atomic E-state index is 12.3. The molecule has 0 fully saturated rings. The van der Waals surface area contributed by atoms with E-state index in [1.165, 1.54) is 0 Å². The van der Waals surface area contributed by atoms with Crippen molar-refractivity contribution in [3.63, 3.8) is 0 Å². The Morgan fingerprint density at radius 1 is 1.15 bits per heavy atom. The zero-order chi connectivity index (χ0) is 19.2. The average molecular weight is 381 g/mol. The molecule has 0 aliphatic carbocycles. The molecule has 0 saturated carbocycles. The number of rotatable bonds is 5. The number of thioether (sulfide) groups is 1. The minimum Gasteiger partial charge on any atom is -0.325 e. The van der Waals surface area contributed by atoms with E-state index in [0.29, 0.717) is 12.1 Å². The summed E-state index contributed by atoms with van der Waals surface area (Å²) in [5.74, 6) is -1.90. The SMILES string of the molecule is Cc1cccc(NC(=O)CSC2=NC(=O)[C@H](Cc3ccccc3)C(=O)N2)c1. The average Bonchev–Trinajstić information content (AvgIpc) is 2.64. The van der Waals surface area contributed by atoms with Gasteiger partial charge in [-0.15, -0.1) is 0 Å². The van der Waals surface area contributed by atoms with Gasteiger partial charge in [-0.3, -0.25) is 14.4 Å². The van der Waals surface area contributed by atoms with E-state index in [2.05, 4.69) is 15.6 Å². The summed E-state index contributed by atoms with van der Waals surface area (Å²) in [7, 11) is 0. The molecule has 3 rings (SSSR count). The fraction of sp³-hybridized carbons (Fsp3) is 0.200. The van der Waals surface area contributed by atoms with Crippen LogP contribution in [0.4, 0.5) is 5.69 Å². The summed E-state index contributed by atoms with van der Waals surface area (Å²) in [6.07, 6.45) is 0.306. The van der Waals surface area contributed by atoms with Gasteiger partial charge in [0.1, 0.15) is 5.92 Å². The Kier molecular flexibility index (Phi) is 6.03. The summed E-state index contributed by atoms with van der Waals surface area (Å²) in [6, 6.07) is 16.8. The lowest BCUT2D eigenvalue weighted by Crippen LogP contribution is -2.44. The van der Waals surface area contributed by atoms with Crippen LogP contribution in [0.25, 0.3) is 0 Å². The third-order valence-corrected chi connectivity index (χ3v) is 4.85. The van der Waals surface area contributed by atoms with Gasteiger partial charge >= 0.3 is 0 Å². The van der Waals surface area contributed by atoms with Gasteiger partial charge in [0.05, 0.1) is 5.75 Å². The maximum Gasteiger partial charge on any atom is 0.261 e. The molecule has 138 valence electrons. The van der Waals surface area contributed by atoms with Crippen LogP contribution in [0.3, 0.4) is 0 Å². The van der Waals surface area contributed by atoms with E-state index in [1.807, 2.05) is 55.5 Å². The minimum absolute atomic E-state index is 0.0453. The summed E-state index contributed by atoms with van der Waals surface area (Å²) in [4.78, 5) is 40.5. The Balaban J connectivity index is 1.55. The van der Waals surface area contributed by atoms with Crippen molar-refractivity contribution < 1.29 is 14.4 Å². The van der Waals surface area contributed by atoms with E-state index in [4.69, 9.17) is 0 Å². The second kappa shape index (κ2) is 8.64. The van der Waals surface area contributed by atoms with Crippen LogP contribution in [0.1, 0.15) is 11.1 Å². The normalized spacial score (nSPS) is 16.5. The quantitative estimate of drug-likeness (QED) is 0.779. The van der Waals surface area contributed by atoms with Crippen molar-refractivity contribution in [1.29, 1.82) is 0 Å². The fourth-order valence-corrected chi connectivity index (χ4v) is 3.33. The lowest BCUT2D eigenvalue weighted by atomic mass is 9.97. The van der Waals surface area contributed by atoms with Crippen molar-refractivity contribution in [2.45, 2.75) is 13.3 Å². The van der Waals surface area contributed by atoms with E-state index in [1.54, 1.807) is 6.07 Å². The predicted molar refractivity (Wildman–Crippen MR) is 106 cm³/mol. The molecule has 1 aliphatic heterocycles. The number of hydrogen-bond acceptors (Lipinski definition) is 4. The zero-order valence-corrected chi connectivity index (χ0v) is 15.6. The largest absolute Gasteiger partial charge is 0.325 e. The molecule has 2 aromatic carbocycles. The molecule has 1 aliphatic rings. The second-order valence-corrected chi connectivity index (χ2v) is 7.16. The highest BCUT2D eigenvalue weighted by Gasteiger charge is 2.32. The van der Waals surface area contributed by atoms with Gasteiger partial charge in [-0.05, 0) is 36.6 Å². The summed E-state index contributed by atoms with van der Waals surface area (Å²) >= 11 is 1.03. The van der Waals surface area contributed by atoms with Crippen LogP contribution in [-0.2, 0) is 20.8 Å². The van der Waals surface area contributed by atoms with Crippen molar-refractivity contribution >= 4 is 40.3 Å². The third-order valence-electron chi connectivity index (χ3n) is 3.98. The van der Waals surface area contributed by atoms with E-state index < -0.39 is 11.8 Å². The van der Waals surface area contributed by atoms with Crippen LogP contribution in [0, 0.1) is 12.8 Å². The van der Waals surface area contributed by atoms with Crippen LogP contribution in [0.15, 0.2) is 59.6 Å². The number of amides is 3. The highest BCUT2D eigenvalue weighted by Crippen LogP contribution is 2.17. The lowest BCUT2D eigenvalue weighted by molar-refractivity contribution is -0.133.